The Labute approximate surface area is 149 Å². The van der Waals surface area contributed by atoms with Crippen molar-refractivity contribution in [3.8, 4) is 5.75 Å². The number of hydrogen-bond acceptors (Lipinski definition) is 5. The molecule has 0 bridgehead atoms. The molecule has 126 valence electrons. The van der Waals surface area contributed by atoms with Crippen molar-refractivity contribution in [3.63, 3.8) is 0 Å². The Kier molecular flexibility index (Phi) is 5.37. The van der Waals surface area contributed by atoms with Crippen LogP contribution in [-0.4, -0.2) is 35.6 Å². The second-order valence-corrected chi connectivity index (χ2v) is 6.21. The van der Waals surface area contributed by atoms with E-state index in [1.54, 1.807) is 24.3 Å². The van der Waals surface area contributed by atoms with Crippen LogP contribution < -0.4 is 15.0 Å². The van der Waals surface area contributed by atoms with Crippen molar-refractivity contribution >= 4 is 40.7 Å². The minimum Gasteiger partial charge on any atom is -0.482 e. The van der Waals surface area contributed by atoms with E-state index in [0.29, 0.717) is 21.6 Å². The van der Waals surface area contributed by atoms with E-state index >= 15 is 0 Å². The Morgan fingerprint density at radius 2 is 2.00 bits per heavy atom. The van der Waals surface area contributed by atoms with E-state index in [1.807, 2.05) is 0 Å². The number of rotatable bonds is 5. The number of halogens is 2. The molecule has 0 aliphatic carbocycles. The van der Waals surface area contributed by atoms with Gasteiger partial charge in [-0.15, -0.1) is 0 Å². The lowest BCUT2D eigenvalue weighted by Crippen LogP contribution is -2.22. The summed E-state index contributed by atoms with van der Waals surface area (Å²) in [5.41, 5.74) is 0. The quantitative estimate of drug-likeness (QED) is 0.877. The Morgan fingerprint density at radius 1 is 1.21 bits per heavy atom. The van der Waals surface area contributed by atoms with Gasteiger partial charge in [0.15, 0.2) is 6.61 Å². The number of amides is 1. The number of hydrogen-bond donors (Lipinski definition) is 1. The lowest BCUT2D eigenvalue weighted by molar-refractivity contribution is -0.118. The van der Waals surface area contributed by atoms with E-state index in [-0.39, 0.29) is 12.5 Å². The van der Waals surface area contributed by atoms with E-state index in [4.69, 9.17) is 27.9 Å². The molecule has 8 heteroatoms. The molecule has 1 fully saturated rings. The average Bonchev–Trinajstić information content (AvgIpc) is 3.09. The summed E-state index contributed by atoms with van der Waals surface area (Å²) in [6.45, 7) is 1.77. The third kappa shape index (κ3) is 4.27. The minimum absolute atomic E-state index is 0.176. The molecule has 24 heavy (non-hydrogen) atoms. The zero-order valence-electron chi connectivity index (χ0n) is 12.8. The molecule has 1 saturated heterocycles. The second-order valence-electron chi connectivity index (χ2n) is 5.37. The number of carbonyl (C=O) groups is 1. The number of aromatic nitrogens is 2. The highest BCUT2D eigenvalue weighted by Crippen LogP contribution is 2.27. The third-order valence-corrected chi connectivity index (χ3v) is 4.13. The first-order valence-corrected chi connectivity index (χ1v) is 8.32. The van der Waals surface area contributed by atoms with Gasteiger partial charge in [-0.2, -0.15) is 0 Å². The van der Waals surface area contributed by atoms with Gasteiger partial charge in [-0.3, -0.25) is 4.79 Å². The highest BCUT2D eigenvalue weighted by atomic mass is 35.5. The number of ether oxygens (including phenoxy) is 1. The summed E-state index contributed by atoms with van der Waals surface area (Å²) in [6, 6.07) is 6.59. The van der Waals surface area contributed by atoms with Crippen molar-refractivity contribution in [3.05, 3.63) is 40.6 Å². The van der Waals surface area contributed by atoms with Gasteiger partial charge in [-0.1, -0.05) is 23.2 Å². The smallest absolute Gasteiger partial charge is 0.263 e. The van der Waals surface area contributed by atoms with Crippen LogP contribution in [0.2, 0.25) is 10.0 Å². The van der Waals surface area contributed by atoms with Gasteiger partial charge in [0.25, 0.3) is 5.91 Å². The molecule has 1 amide bonds. The molecule has 2 aromatic rings. The predicted octanol–water partition coefficient (Wildman–Crippen LogP) is 3.40. The molecular formula is C16H16Cl2N4O2. The van der Waals surface area contributed by atoms with Gasteiger partial charge in [0, 0.05) is 24.2 Å². The van der Waals surface area contributed by atoms with Gasteiger partial charge in [0.1, 0.15) is 23.7 Å². The maximum Gasteiger partial charge on any atom is 0.263 e. The molecule has 2 heterocycles. The number of carbonyl (C=O) groups excluding carboxylic acids is 1. The van der Waals surface area contributed by atoms with Crippen molar-refractivity contribution in [2.24, 2.45) is 0 Å². The number of nitrogens with zero attached hydrogens (tertiary/aromatic N) is 3. The predicted molar refractivity (Wildman–Crippen MR) is 94.1 cm³/mol. The molecule has 0 unspecified atom stereocenters. The molecule has 1 aliphatic rings. The molecule has 1 N–H and O–H groups in total. The van der Waals surface area contributed by atoms with E-state index in [1.165, 1.54) is 6.33 Å². The maximum absolute atomic E-state index is 12.0. The molecule has 6 nitrogen and oxygen atoms in total. The van der Waals surface area contributed by atoms with Crippen molar-refractivity contribution < 1.29 is 9.53 Å². The van der Waals surface area contributed by atoms with Crippen LogP contribution in [0.5, 0.6) is 5.75 Å². The Hall–Kier alpha value is -2.05. The van der Waals surface area contributed by atoms with Gasteiger partial charge < -0.3 is 15.0 Å². The first-order chi connectivity index (χ1) is 11.6. The van der Waals surface area contributed by atoms with Gasteiger partial charge in [-0.25, -0.2) is 9.97 Å². The molecule has 0 atom stereocenters. The van der Waals surface area contributed by atoms with Crippen LogP contribution in [-0.2, 0) is 4.79 Å². The summed E-state index contributed by atoms with van der Waals surface area (Å²) < 4.78 is 5.40. The van der Waals surface area contributed by atoms with Crippen LogP contribution in [0.1, 0.15) is 12.8 Å². The van der Waals surface area contributed by atoms with Gasteiger partial charge in [-0.05, 0) is 31.0 Å². The Balaban J connectivity index is 1.57. The molecule has 0 spiro atoms. The fraction of sp³-hybridized carbons (Fsp3) is 0.312. The molecule has 3 rings (SSSR count). The average molecular weight is 367 g/mol. The maximum atomic E-state index is 12.0. The summed E-state index contributed by atoms with van der Waals surface area (Å²) in [5, 5.41) is 3.56. The summed E-state index contributed by atoms with van der Waals surface area (Å²) in [5.74, 6) is 1.34. The first kappa shape index (κ1) is 16.8. The zero-order chi connectivity index (χ0) is 16.9. The fourth-order valence-corrected chi connectivity index (χ4v) is 2.91. The van der Waals surface area contributed by atoms with Gasteiger partial charge in [0.05, 0.1) is 5.02 Å². The van der Waals surface area contributed by atoms with Crippen LogP contribution in [0.15, 0.2) is 30.6 Å². The van der Waals surface area contributed by atoms with Crippen LogP contribution in [0.3, 0.4) is 0 Å². The molecule has 1 aromatic carbocycles. The zero-order valence-corrected chi connectivity index (χ0v) is 14.3. The number of anilines is 2. The van der Waals surface area contributed by atoms with Crippen LogP contribution in [0.25, 0.3) is 0 Å². The fourth-order valence-electron chi connectivity index (χ4n) is 2.45. The molecule has 0 saturated carbocycles. The van der Waals surface area contributed by atoms with Crippen molar-refractivity contribution in [1.29, 1.82) is 0 Å². The van der Waals surface area contributed by atoms with E-state index in [0.717, 1.165) is 31.7 Å². The summed E-state index contributed by atoms with van der Waals surface area (Å²) >= 11 is 11.8. The van der Waals surface area contributed by atoms with Crippen molar-refractivity contribution in [1.82, 2.24) is 9.97 Å². The summed E-state index contributed by atoms with van der Waals surface area (Å²) in [6.07, 6.45) is 3.75. The van der Waals surface area contributed by atoms with E-state index in [2.05, 4.69) is 20.2 Å². The topological polar surface area (TPSA) is 67.3 Å². The van der Waals surface area contributed by atoms with Crippen molar-refractivity contribution in [2.75, 3.05) is 29.9 Å². The van der Waals surface area contributed by atoms with E-state index < -0.39 is 0 Å². The number of benzene rings is 1. The monoisotopic (exact) mass is 366 g/mol. The standard InChI is InChI=1S/C16H16Cl2N4O2/c17-11-3-4-13(12(18)7-11)24-9-16(23)21-14-8-15(20-10-19-14)22-5-1-2-6-22/h3-4,7-8,10H,1-2,5-6,9H2,(H,19,20,21,23). The highest BCUT2D eigenvalue weighted by molar-refractivity contribution is 6.35. The highest BCUT2D eigenvalue weighted by Gasteiger charge is 2.15. The summed E-state index contributed by atoms with van der Waals surface area (Å²) in [7, 11) is 0. The number of nitrogens with one attached hydrogen (secondary N) is 1. The molecule has 1 aliphatic heterocycles. The van der Waals surface area contributed by atoms with Crippen molar-refractivity contribution in [2.45, 2.75) is 12.8 Å². The Morgan fingerprint density at radius 3 is 2.75 bits per heavy atom. The lowest BCUT2D eigenvalue weighted by atomic mass is 10.3. The van der Waals surface area contributed by atoms with Crippen LogP contribution >= 0.6 is 23.2 Å². The SMILES string of the molecule is O=C(COc1ccc(Cl)cc1Cl)Nc1cc(N2CCCC2)ncn1. The molecule has 1 aromatic heterocycles. The Bertz CT molecular complexity index is 736. The van der Waals surface area contributed by atoms with Crippen LogP contribution in [0, 0.1) is 0 Å². The lowest BCUT2D eigenvalue weighted by Gasteiger charge is -2.16. The van der Waals surface area contributed by atoms with Gasteiger partial charge in [0.2, 0.25) is 0 Å². The largest absolute Gasteiger partial charge is 0.482 e. The minimum atomic E-state index is -0.327. The first-order valence-electron chi connectivity index (χ1n) is 7.56. The van der Waals surface area contributed by atoms with Crippen LogP contribution in [0.4, 0.5) is 11.6 Å². The third-order valence-electron chi connectivity index (χ3n) is 3.60. The summed E-state index contributed by atoms with van der Waals surface area (Å²) in [4.78, 5) is 22.5. The second kappa shape index (κ2) is 7.68. The molecule has 0 radical (unpaired) electrons. The van der Waals surface area contributed by atoms with Gasteiger partial charge >= 0.3 is 0 Å². The van der Waals surface area contributed by atoms with E-state index in [9.17, 15) is 4.79 Å². The molecular weight excluding hydrogens is 351 g/mol. The normalized spacial score (nSPS) is 13.8.